The lowest BCUT2D eigenvalue weighted by molar-refractivity contribution is -0.856. The van der Waals surface area contributed by atoms with Crippen molar-refractivity contribution >= 4 is 32.6 Å². The van der Waals surface area contributed by atoms with Crippen molar-refractivity contribution in [2.24, 2.45) is 0 Å². The molecule has 1 amide bonds. The third-order valence-electron chi connectivity index (χ3n) is 4.23. The Bertz CT molecular complexity index is 925. The number of fused-ring (bicyclic) bond motifs is 1. The Morgan fingerprint density at radius 1 is 1.22 bits per heavy atom. The first-order valence-corrected chi connectivity index (χ1v) is 9.57. The Balaban J connectivity index is 1.90. The van der Waals surface area contributed by atoms with E-state index >= 15 is 0 Å². The number of likely N-dealkylation sites (N-methyl/N-ethyl adjacent to an activating group) is 1. The van der Waals surface area contributed by atoms with Crippen LogP contribution in [0.1, 0.15) is 5.56 Å². The number of carbonyl (C=O) groups excluding carboxylic acids is 1. The zero-order valence-electron chi connectivity index (χ0n) is 15.7. The fourth-order valence-corrected chi connectivity index (χ4v) is 3.75. The van der Waals surface area contributed by atoms with Gasteiger partial charge in [0.05, 0.1) is 45.4 Å². The molecule has 27 heavy (non-hydrogen) atoms. The molecule has 0 bridgehead atoms. The fourth-order valence-electron chi connectivity index (χ4n) is 2.73. The summed E-state index contributed by atoms with van der Waals surface area (Å²) < 4.78 is 19.5. The number of amides is 1. The van der Waals surface area contributed by atoms with Gasteiger partial charge in [-0.25, -0.2) is 9.37 Å². The van der Waals surface area contributed by atoms with E-state index < -0.39 is 0 Å². The first kappa shape index (κ1) is 19.3. The molecular formula is C20H23FN3O2S+. The molecule has 0 aliphatic rings. The zero-order valence-corrected chi connectivity index (χ0v) is 16.5. The maximum absolute atomic E-state index is 13.1. The van der Waals surface area contributed by atoms with E-state index in [9.17, 15) is 9.18 Å². The molecule has 142 valence electrons. The molecular weight excluding hydrogens is 365 g/mol. The predicted octanol–water partition coefficient (Wildman–Crippen LogP) is 2.16. The zero-order chi connectivity index (χ0) is 19.4. The molecule has 0 fully saturated rings. The van der Waals surface area contributed by atoms with Crippen LogP contribution >= 0.6 is 11.3 Å². The van der Waals surface area contributed by atoms with Crippen molar-refractivity contribution in [3.63, 3.8) is 0 Å². The average molecular weight is 388 g/mol. The average Bonchev–Trinajstić information content (AvgIpc) is 3.07. The third kappa shape index (κ3) is 4.61. The number of quaternary nitrogens is 1. The smallest absolute Gasteiger partial charge is 0.233 e. The summed E-state index contributed by atoms with van der Waals surface area (Å²) in [4.78, 5) is 20.6. The summed E-state index contributed by atoms with van der Waals surface area (Å²) in [6, 6.07) is 11.8. The Kier molecular flexibility index (Phi) is 6.03. The SMILES string of the molecule is COc1cccc2sc(N(CC[NH+](C)C)C(=O)Cc3ccc(F)cc3)nc12. The lowest BCUT2D eigenvalue weighted by Crippen LogP contribution is -3.06. The normalized spacial score (nSPS) is 11.1. The first-order chi connectivity index (χ1) is 13.0. The summed E-state index contributed by atoms with van der Waals surface area (Å²) in [5.74, 6) is 0.331. The van der Waals surface area contributed by atoms with Crippen LogP contribution in [-0.4, -0.2) is 45.2 Å². The van der Waals surface area contributed by atoms with Crippen LogP contribution in [0.4, 0.5) is 9.52 Å². The number of benzene rings is 2. The Labute approximate surface area is 162 Å². The van der Waals surface area contributed by atoms with Gasteiger partial charge < -0.3 is 9.64 Å². The molecule has 0 radical (unpaired) electrons. The topological polar surface area (TPSA) is 46.9 Å². The summed E-state index contributed by atoms with van der Waals surface area (Å²) in [5, 5.41) is 0.655. The minimum Gasteiger partial charge on any atom is -0.494 e. The molecule has 0 spiro atoms. The van der Waals surface area contributed by atoms with E-state index in [-0.39, 0.29) is 18.1 Å². The van der Waals surface area contributed by atoms with Crippen molar-refractivity contribution in [2.45, 2.75) is 6.42 Å². The van der Waals surface area contributed by atoms with Crippen LogP contribution in [0.2, 0.25) is 0 Å². The quantitative estimate of drug-likeness (QED) is 0.675. The summed E-state index contributed by atoms with van der Waals surface area (Å²) in [6.07, 6.45) is 0.204. The molecule has 0 aliphatic carbocycles. The number of aromatic nitrogens is 1. The van der Waals surface area contributed by atoms with E-state index in [1.165, 1.54) is 28.4 Å². The van der Waals surface area contributed by atoms with Crippen molar-refractivity contribution in [1.29, 1.82) is 0 Å². The van der Waals surface area contributed by atoms with Gasteiger partial charge in [-0.3, -0.25) is 9.69 Å². The molecule has 3 aromatic rings. The predicted molar refractivity (Wildman–Crippen MR) is 106 cm³/mol. The van der Waals surface area contributed by atoms with Crippen molar-refractivity contribution in [1.82, 2.24) is 4.98 Å². The van der Waals surface area contributed by atoms with E-state index in [4.69, 9.17) is 4.74 Å². The van der Waals surface area contributed by atoms with Gasteiger partial charge >= 0.3 is 0 Å². The number of hydrogen-bond acceptors (Lipinski definition) is 4. The van der Waals surface area contributed by atoms with Gasteiger partial charge in [0.2, 0.25) is 5.91 Å². The monoisotopic (exact) mass is 388 g/mol. The second-order valence-electron chi connectivity index (χ2n) is 6.61. The second kappa shape index (κ2) is 8.45. The molecule has 0 saturated heterocycles. The molecule has 2 aromatic carbocycles. The van der Waals surface area contributed by atoms with Crippen molar-refractivity contribution in [3.05, 3.63) is 53.8 Å². The summed E-state index contributed by atoms with van der Waals surface area (Å²) in [5.41, 5.74) is 1.54. The van der Waals surface area contributed by atoms with Crippen molar-refractivity contribution in [2.75, 3.05) is 39.2 Å². The van der Waals surface area contributed by atoms with Crippen LogP contribution < -0.4 is 14.5 Å². The van der Waals surface area contributed by atoms with Gasteiger partial charge in [-0.05, 0) is 29.8 Å². The highest BCUT2D eigenvalue weighted by molar-refractivity contribution is 7.22. The molecule has 0 unspecified atom stereocenters. The number of carbonyl (C=O) groups is 1. The first-order valence-electron chi connectivity index (χ1n) is 8.75. The van der Waals surface area contributed by atoms with Gasteiger partial charge in [0, 0.05) is 0 Å². The van der Waals surface area contributed by atoms with Crippen LogP contribution in [0.5, 0.6) is 5.75 Å². The van der Waals surface area contributed by atoms with Crippen LogP contribution in [0.25, 0.3) is 10.2 Å². The number of hydrogen-bond donors (Lipinski definition) is 1. The van der Waals surface area contributed by atoms with Gasteiger partial charge in [-0.1, -0.05) is 29.5 Å². The summed E-state index contributed by atoms with van der Waals surface area (Å²) >= 11 is 1.47. The van der Waals surface area contributed by atoms with Crippen LogP contribution in [-0.2, 0) is 11.2 Å². The standard InChI is InChI=1S/C20H22FN3O2S/c1-23(2)11-12-24(18(25)13-14-7-9-15(21)10-8-14)20-22-19-16(26-3)5-4-6-17(19)27-20/h4-10H,11-13H2,1-3H3/p+1. The number of nitrogens with zero attached hydrogens (tertiary/aromatic N) is 2. The number of rotatable bonds is 7. The lowest BCUT2D eigenvalue weighted by atomic mass is 10.1. The minimum atomic E-state index is -0.308. The lowest BCUT2D eigenvalue weighted by Gasteiger charge is -2.20. The minimum absolute atomic E-state index is 0.0547. The number of halogens is 1. The van der Waals surface area contributed by atoms with Gasteiger partial charge in [0.15, 0.2) is 5.13 Å². The summed E-state index contributed by atoms with van der Waals surface area (Å²) in [6.45, 7) is 1.35. The molecule has 0 saturated carbocycles. The highest BCUT2D eigenvalue weighted by Crippen LogP contribution is 2.34. The highest BCUT2D eigenvalue weighted by atomic mass is 32.1. The molecule has 0 aliphatic heterocycles. The van der Waals surface area contributed by atoms with E-state index in [0.29, 0.717) is 17.4 Å². The van der Waals surface area contributed by atoms with Gasteiger partial charge in [-0.15, -0.1) is 0 Å². The van der Waals surface area contributed by atoms with Gasteiger partial charge in [0.1, 0.15) is 17.1 Å². The van der Waals surface area contributed by atoms with Gasteiger partial charge in [-0.2, -0.15) is 0 Å². The molecule has 1 N–H and O–H groups in total. The van der Waals surface area contributed by atoms with Crippen molar-refractivity contribution < 1.29 is 18.8 Å². The number of ether oxygens (including phenoxy) is 1. The van der Waals surface area contributed by atoms with Crippen molar-refractivity contribution in [3.8, 4) is 5.75 Å². The highest BCUT2D eigenvalue weighted by Gasteiger charge is 2.22. The van der Waals surface area contributed by atoms with E-state index in [2.05, 4.69) is 4.98 Å². The molecule has 3 rings (SSSR count). The van der Waals surface area contributed by atoms with E-state index in [1.54, 1.807) is 24.1 Å². The van der Waals surface area contributed by atoms with Gasteiger partial charge in [0.25, 0.3) is 0 Å². The third-order valence-corrected chi connectivity index (χ3v) is 5.27. The maximum Gasteiger partial charge on any atom is 0.233 e. The van der Waals surface area contributed by atoms with E-state index in [1.807, 2.05) is 32.3 Å². The maximum atomic E-state index is 13.1. The number of para-hydroxylation sites is 1. The second-order valence-corrected chi connectivity index (χ2v) is 7.62. The fraction of sp³-hybridized carbons (Fsp3) is 0.300. The van der Waals surface area contributed by atoms with Crippen LogP contribution in [0.15, 0.2) is 42.5 Å². The Morgan fingerprint density at radius 2 is 1.96 bits per heavy atom. The molecule has 1 aromatic heterocycles. The molecule has 1 heterocycles. The Hall–Kier alpha value is -2.51. The van der Waals surface area contributed by atoms with E-state index in [0.717, 1.165) is 22.3 Å². The molecule has 7 heteroatoms. The molecule has 5 nitrogen and oxygen atoms in total. The largest absolute Gasteiger partial charge is 0.494 e. The molecule has 0 atom stereocenters. The number of methoxy groups -OCH3 is 1. The summed E-state index contributed by atoms with van der Waals surface area (Å²) in [7, 11) is 5.70. The number of nitrogens with one attached hydrogen (secondary N) is 1. The van der Waals surface area contributed by atoms with Crippen LogP contribution in [0.3, 0.4) is 0 Å². The number of anilines is 1. The number of thiazole rings is 1. The van der Waals surface area contributed by atoms with Crippen LogP contribution in [0, 0.1) is 5.82 Å². The Morgan fingerprint density at radius 3 is 2.63 bits per heavy atom.